The second-order valence-electron chi connectivity index (χ2n) is 3.01. The van der Waals surface area contributed by atoms with Crippen molar-refractivity contribution in [2.45, 2.75) is 12.2 Å². The summed E-state index contributed by atoms with van der Waals surface area (Å²) in [6.07, 6.45) is -0.453. The van der Waals surface area contributed by atoms with Gasteiger partial charge in [-0.3, -0.25) is 4.79 Å². The molecule has 0 saturated carbocycles. The van der Waals surface area contributed by atoms with Crippen LogP contribution in [0, 0.1) is 0 Å². The van der Waals surface area contributed by atoms with E-state index in [-0.39, 0.29) is 12.2 Å². The third kappa shape index (κ3) is 8.72. The largest absolute Gasteiger partial charge is 0.508 e. The van der Waals surface area contributed by atoms with Crippen molar-refractivity contribution in [1.29, 1.82) is 0 Å². The number of ether oxygens (including phenoxy) is 4. The molecule has 92 valence electrons. The van der Waals surface area contributed by atoms with Crippen LogP contribution in [0.4, 0.5) is 9.59 Å². The number of hydrogen-bond donors (Lipinski definition) is 0. The van der Waals surface area contributed by atoms with E-state index in [0.29, 0.717) is 26.4 Å². The molecule has 2 aliphatic rings. The molecule has 6 nitrogen and oxygen atoms in total. The zero-order chi connectivity index (χ0) is 12.0. The predicted molar refractivity (Wildman–Crippen MR) is 53.9 cm³/mol. The van der Waals surface area contributed by atoms with E-state index in [9.17, 15) is 4.79 Å². The molecule has 0 aromatic carbocycles. The summed E-state index contributed by atoms with van der Waals surface area (Å²) < 4.78 is 18.2. The standard InChI is InChI=1S/C7H10O5.CCl2O/c8-7(11-3-5-1-9-5)12-4-6-2-10-6;2-1(3)4/h5-6H,1-4H2;. The van der Waals surface area contributed by atoms with Gasteiger partial charge in [-0.05, 0) is 23.2 Å². The monoisotopic (exact) mass is 272 g/mol. The van der Waals surface area contributed by atoms with Gasteiger partial charge in [0.15, 0.2) is 0 Å². The zero-order valence-electron chi connectivity index (χ0n) is 8.19. The Balaban J connectivity index is 0.000000280. The maximum absolute atomic E-state index is 10.8. The van der Waals surface area contributed by atoms with Crippen LogP contribution in [-0.2, 0) is 18.9 Å². The van der Waals surface area contributed by atoms with Crippen molar-refractivity contribution < 1.29 is 28.5 Å². The van der Waals surface area contributed by atoms with Crippen LogP contribution < -0.4 is 0 Å². The second kappa shape index (κ2) is 6.90. The topological polar surface area (TPSA) is 77.7 Å². The minimum atomic E-state index is -0.889. The first kappa shape index (κ1) is 13.5. The van der Waals surface area contributed by atoms with Gasteiger partial charge in [-0.1, -0.05) is 0 Å². The SMILES string of the molecule is O=C(Cl)Cl.O=C(OCC1CO1)OCC1CO1. The maximum atomic E-state index is 10.8. The molecule has 16 heavy (non-hydrogen) atoms. The van der Waals surface area contributed by atoms with Gasteiger partial charge in [0.05, 0.1) is 13.2 Å². The molecule has 2 saturated heterocycles. The van der Waals surface area contributed by atoms with Crippen LogP contribution in [-0.4, -0.2) is 49.5 Å². The van der Waals surface area contributed by atoms with E-state index in [1.807, 2.05) is 0 Å². The number of hydrogen-bond acceptors (Lipinski definition) is 6. The molecule has 2 unspecified atom stereocenters. The molecule has 2 fully saturated rings. The highest BCUT2D eigenvalue weighted by Gasteiger charge is 2.27. The van der Waals surface area contributed by atoms with E-state index < -0.39 is 10.9 Å². The van der Waals surface area contributed by atoms with Crippen molar-refractivity contribution in [3.63, 3.8) is 0 Å². The van der Waals surface area contributed by atoms with Crippen LogP contribution in [0.15, 0.2) is 0 Å². The Morgan fingerprint density at radius 2 is 1.38 bits per heavy atom. The maximum Gasteiger partial charge on any atom is 0.508 e. The highest BCUT2D eigenvalue weighted by Crippen LogP contribution is 2.11. The lowest BCUT2D eigenvalue weighted by Gasteiger charge is -2.02. The lowest BCUT2D eigenvalue weighted by Crippen LogP contribution is -2.14. The van der Waals surface area contributed by atoms with Crippen LogP contribution in [0.25, 0.3) is 0 Å². The van der Waals surface area contributed by atoms with E-state index in [2.05, 4.69) is 23.2 Å². The van der Waals surface area contributed by atoms with Crippen molar-refractivity contribution >= 4 is 34.1 Å². The van der Waals surface area contributed by atoms with Gasteiger partial charge >= 0.3 is 10.9 Å². The van der Waals surface area contributed by atoms with Gasteiger partial charge in [0.1, 0.15) is 25.4 Å². The molecule has 0 aliphatic carbocycles. The smallest absolute Gasteiger partial charge is 0.431 e. The minimum absolute atomic E-state index is 0.0923. The highest BCUT2D eigenvalue weighted by molar-refractivity contribution is 6.93. The van der Waals surface area contributed by atoms with Gasteiger partial charge in [0.25, 0.3) is 0 Å². The first-order chi connectivity index (χ1) is 7.58. The van der Waals surface area contributed by atoms with E-state index >= 15 is 0 Å². The molecular formula is C8H10Cl2O6. The zero-order valence-corrected chi connectivity index (χ0v) is 9.70. The summed E-state index contributed by atoms with van der Waals surface area (Å²) in [4.78, 5) is 19.7. The van der Waals surface area contributed by atoms with Crippen LogP contribution in [0.3, 0.4) is 0 Å². The molecule has 0 bridgehead atoms. The van der Waals surface area contributed by atoms with Crippen LogP contribution in [0.2, 0.25) is 0 Å². The van der Waals surface area contributed by atoms with E-state index in [1.54, 1.807) is 0 Å². The van der Waals surface area contributed by atoms with E-state index in [4.69, 9.17) is 23.7 Å². The average molecular weight is 273 g/mol. The lowest BCUT2D eigenvalue weighted by atomic mass is 10.5. The van der Waals surface area contributed by atoms with E-state index in [0.717, 1.165) is 0 Å². The van der Waals surface area contributed by atoms with Crippen molar-refractivity contribution in [2.24, 2.45) is 0 Å². The fourth-order valence-electron chi connectivity index (χ4n) is 0.692. The van der Waals surface area contributed by atoms with Crippen LogP contribution >= 0.6 is 23.2 Å². The Kier molecular flexibility index (Phi) is 5.83. The summed E-state index contributed by atoms with van der Waals surface area (Å²) in [6, 6.07) is 0. The Bertz CT molecular complexity index is 229. The van der Waals surface area contributed by atoms with Gasteiger partial charge in [-0.25, -0.2) is 4.79 Å². The molecular weight excluding hydrogens is 263 g/mol. The fraction of sp³-hybridized carbons (Fsp3) is 0.750. The van der Waals surface area contributed by atoms with Crippen molar-refractivity contribution in [2.75, 3.05) is 26.4 Å². The van der Waals surface area contributed by atoms with Gasteiger partial charge < -0.3 is 18.9 Å². The normalized spacial score (nSPS) is 24.9. The number of epoxide rings is 2. The summed E-state index contributed by atoms with van der Waals surface area (Å²) in [6.45, 7) is 1.95. The third-order valence-electron chi connectivity index (χ3n) is 1.58. The number of carbonyl (C=O) groups excluding carboxylic acids is 2. The highest BCUT2D eigenvalue weighted by atomic mass is 35.5. The summed E-state index contributed by atoms with van der Waals surface area (Å²) in [5.41, 5.74) is 0. The Hall–Kier alpha value is -0.560. The molecule has 8 heteroatoms. The average Bonchev–Trinajstić information content (AvgIpc) is 3.03. The Morgan fingerprint density at radius 1 is 1.06 bits per heavy atom. The van der Waals surface area contributed by atoms with Crippen molar-refractivity contribution in [1.82, 2.24) is 0 Å². The Morgan fingerprint density at radius 3 is 1.62 bits per heavy atom. The van der Waals surface area contributed by atoms with Crippen LogP contribution in [0.1, 0.15) is 0 Å². The summed E-state index contributed by atoms with van der Waals surface area (Å²) in [7, 11) is 0. The van der Waals surface area contributed by atoms with Gasteiger partial charge in [0.2, 0.25) is 0 Å². The van der Waals surface area contributed by atoms with Crippen molar-refractivity contribution in [3.8, 4) is 0 Å². The second-order valence-corrected chi connectivity index (χ2v) is 3.89. The first-order valence-electron chi connectivity index (χ1n) is 4.45. The molecule has 2 heterocycles. The summed E-state index contributed by atoms with van der Waals surface area (Å²) >= 11 is 8.80. The Labute approximate surface area is 102 Å². The first-order valence-corrected chi connectivity index (χ1v) is 5.21. The van der Waals surface area contributed by atoms with E-state index in [1.165, 1.54) is 0 Å². The third-order valence-corrected chi connectivity index (χ3v) is 1.58. The van der Waals surface area contributed by atoms with Crippen molar-refractivity contribution in [3.05, 3.63) is 0 Å². The molecule has 0 spiro atoms. The van der Waals surface area contributed by atoms with Gasteiger partial charge in [-0.15, -0.1) is 0 Å². The molecule has 0 aromatic heterocycles. The molecule has 0 amide bonds. The molecule has 0 aromatic rings. The number of rotatable bonds is 4. The summed E-state index contributed by atoms with van der Waals surface area (Å²) in [5, 5.41) is 0. The minimum Gasteiger partial charge on any atom is -0.431 e. The predicted octanol–water partition coefficient (Wildman–Crippen LogP) is 1.52. The molecule has 2 atom stereocenters. The fourth-order valence-corrected chi connectivity index (χ4v) is 0.692. The molecule has 2 rings (SSSR count). The number of carbonyl (C=O) groups is 2. The lowest BCUT2D eigenvalue weighted by molar-refractivity contribution is 0.0461. The molecule has 2 aliphatic heterocycles. The van der Waals surface area contributed by atoms with Gasteiger partial charge in [-0.2, -0.15) is 0 Å². The number of halogens is 2. The quantitative estimate of drug-likeness (QED) is 0.439. The molecule has 0 N–H and O–H groups in total. The van der Waals surface area contributed by atoms with Crippen LogP contribution in [0.5, 0.6) is 0 Å². The molecule has 0 radical (unpaired) electrons. The summed E-state index contributed by atoms with van der Waals surface area (Å²) in [5.74, 6) is 0. The van der Waals surface area contributed by atoms with Gasteiger partial charge in [0, 0.05) is 0 Å².